The van der Waals surface area contributed by atoms with Gasteiger partial charge in [-0.1, -0.05) is 42.5 Å². The van der Waals surface area contributed by atoms with Crippen molar-refractivity contribution in [2.75, 3.05) is 26.2 Å². The van der Waals surface area contributed by atoms with Crippen LogP contribution in [0.5, 0.6) is 5.75 Å². The topological polar surface area (TPSA) is 35.9 Å². The molecule has 1 atom stereocenters. The third-order valence-corrected chi connectivity index (χ3v) is 7.81. The van der Waals surface area contributed by atoms with Gasteiger partial charge in [0.2, 0.25) is 0 Å². The van der Waals surface area contributed by atoms with Gasteiger partial charge in [-0.2, -0.15) is 0 Å². The standard InChI is InChI=1S/C26H34BF3N2O2/c1-25(14-18-32(19-15-25)27(2)33)31-16-12-22(13-17-31)24(20-6-4-3-5-7-20)21-8-10-23(11-9-21)34-26(28,29)30/h3-11,22,24,33H,12-19H2,1-2H3. The maximum atomic E-state index is 12.6. The fourth-order valence-electron chi connectivity index (χ4n) is 5.74. The molecule has 1 unspecified atom stereocenters. The molecular weight excluding hydrogens is 440 g/mol. The molecule has 0 spiro atoms. The van der Waals surface area contributed by atoms with E-state index >= 15 is 0 Å². The van der Waals surface area contributed by atoms with Crippen LogP contribution in [0.2, 0.25) is 6.82 Å². The van der Waals surface area contributed by atoms with E-state index in [1.165, 1.54) is 17.7 Å². The van der Waals surface area contributed by atoms with Gasteiger partial charge in [-0.25, -0.2) is 0 Å². The van der Waals surface area contributed by atoms with Crippen LogP contribution in [0, 0.1) is 5.92 Å². The zero-order chi connectivity index (χ0) is 24.3. The highest BCUT2D eigenvalue weighted by Crippen LogP contribution is 2.41. The summed E-state index contributed by atoms with van der Waals surface area (Å²) in [6.45, 7) is 8.02. The highest BCUT2D eigenvalue weighted by molar-refractivity contribution is 6.45. The number of halogens is 3. The normalized spacial score (nSPS) is 21.2. The number of alkyl halides is 3. The Morgan fingerprint density at radius 3 is 2.03 bits per heavy atom. The van der Waals surface area contributed by atoms with Crippen LogP contribution in [-0.2, 0) is 0 Å². The Labute approximate surface area is 200 Å². The average Bonchev–Trinajstić information content (AvgIpc) is 2.81. The number of hydrogen-bond donors (Lipinski definition) is 1. The second-order valence-corrected chi connectivity index (χ2v) is 9.99. The Morgan fingerprint density at radius 1 is 0.941 bits per heavy atom. The predicted molar refractivity (Wildman–Crippen MR) is 129 cm³/mol. The van der Waals surface area contributed by atoms with Crippen LogP contribution in [0.3, 0.4) is 0 Å². The number of hydrogen-bond acceptors (Lipinski definition) is 4. The maximum Gasteiger partial charge on any atom is 0.573 e. The van der Waals surface area contributed by atoms with Crippen molar-refractivity contribution in [3.05, 3.63) is 65.7 Å². The summed E-state index contributed by atoms with van der Waals surface area (Å²) in [6.07, 6.45) is -0.516. The van der Waals surface area contributed by atoms with Crippen molar-refractivity contribution in [1.82, 2.24) is 9.71 Å². The molecule has 0 amide bonds. The quantitative estimate of drug-likeness (QED) is 0.570. The molecule has 4 nitrogen and oxygen atoms in total. The molecular formula is C26H34BF3N2O2. The number of rotatable bonds is 6. The molecule has 2 aliphatic rings. The first kappa shape index (κ1) is 25.1. The third kappa shape index (κ3) is 5.96. The second-order valence-electron chi connectivity index (χ2n) is 9.99. The molecule has 0 saturated carbocycles. The van der Waals surface area contributed by atoms with E-state index in [0.29, 0.717) is 5.92 Å². The molecule has 1 N–H and O–H groups in total. The zero-order valence-electron chi connectivity index (χ0n) is 20.0. The number of piperidine rings is 2. The fraction of sp³-hybridized carbons (Fsp3) is 0.538. The van der Waals surface area contributed by atoms with Crippen LogP contribution in [-0.4, -0.2) is 59.9 Å². The van der Waals surface area contributed by atoms with Crippen LogP contribution in [0.1, 0.15) is 49.7 Å². The van der Waals surface area contributed by atoms with E-state index in [0.717, 1.165) is 57.4 Å². The number of ether oxygens (including phenoxy) is 1. The first-order valence-corrected chi connectivity index (χ1v) is 12.2. The predicted octanol–water partition coefficient (Wildman–Crippen LogP) is 5.39. The van der Waals surface area contributed by atoms with E-state index in [-0.39, 0.29) is 17.2 Å². The zero-order valence-corrected chi connectivity index (χ0v) is 20.0. The Morgan fingerprint density at radius 2 is 1.50 bits per heavy atom. The van der Waals surface area contributed by atoms with E-state index in [1.54, 1.807) is 12.1 Å². The van der Waals surface area contributed by atoms with Gasteiger partial charge in [0.15, 0.2) is 0 Å². The van der Waals surface area contributed by atoms with Crippen molar-refractivity contribution in [3.63, 3.8) is 0 Å². The lowest BCUT2D eigenvalue weighted by Gasteiger charge is -2.50. The fourth-order valence-corrected chi connectivity index (χ4v) is 5.74. The summed E-state index contributed by atoms with van der Waals surface area (Å²) < 4.78 is 41.9. The molecule has 184 valence electrons. The summed E-state index contributed by atoms with van der Waals surface area (Å²) >= 11 is 0. The van der Waals surface area contributed by atoms with E-state index in [2.05, 4.69) is 33.5 Å². The minimum absolute atomic E-state index is 0.133. The summed E-state index contributed by atoms with van der Waals surface area (Å²) in [6, 6.07) is 16.7. The van der Waals surface area contributed by atoms with E-state index in [1.807, 2.05) is 25.0 Å². The molecule has 2 aromatic rings. The molecule has 2 aromatic carbocycles. The van der Waals surface area contributed by atoms with Crippen molar-refractivity contribution in [3.8, 4) is 5.75 Å². The van der Waals surface area contributed by atoms with E-state index in [9.17, 15) is 18.2 Å². The van der Waals surface area contributed by atoms with Crippen molar-refractivity contribution in [2.24, 2.45) is 5.92 Å². The Balaban J connectivity index is 1.47. The van der Waals surface area contributed by atoms with Gasteiger partial charge in [-0.15, -0.1) is 13.2 Å². The molecule has 2 heterocycles. The summed E-state index contributed by atoms with van der Waals surface area (Å²) in [5.41, 5.74) is 2.37. The Hall–Kier alpha value is -2.03. The van der Waals surface area contributed by atoms with Crippen molar-refractivity contribution in [1.29, 1.82) is 0 Å². The molecule has 0 aromatic heterocycles. The van der Waals surface area contributed by atoms with Gasteiger partial charge < -0.3 is 14.6 Å². The highest BCUT2D eigenvalue weighted by atomic mass is 19.4. The minimum atomic E-state index is -4.69. The summed E-state index contributed by atoms with van der Waals surface area (Å²) in [4.78, 5) is 4.75. The maximum absolute atomic E-state index is 12.6. The number of benzene rings is 2. The van der Waals surface area contributed by atoms with Crippen molar-refractivity contribution in [2.45, 2.75) is 57.2 Å². The van der Waals surface area contributed by atoms with Crippen LogP contribution < -0.4 is 4.74 Å². The molecule has 4 rings (SSSR count). The SMILES string of the molecule is CB(O)N1CCC(C)(N2CCC(C(c3ccccc3)c3ccc(OC(F)(F)F)cc3)CC2)CC1. The largest absolute Gasteiger partial charge is 0.573 e. The highest BCUT2D eigenvalue weighted by Gasteiger charge is 2.40. The third-order valence-electron chi connectivity index (χ3n) is 7.81. The molecule has 34 heavy (non-hydrogen) atoms. The summed E-state index contributed by atoms with van der Waals surface area (Å²) in [7, 11) is -0.394. The first-order chi connectivity index (χ1) is 16.1. The molecule has 8 heteroatoms. The molecule has 0 radical (unpaired) electrons. The van der Waals surface area contributed by atoms with Gasteiger partial charge in [0.1, 0.15) is 5.75 Å². The van der Waals surface area contributed by atoms with Crippen LogP contribution in [0.4, 0.5) is 13.2 Å². The van der Waals surface area contributed by atoms with E-state index < -0.39 is 13.4 Å². The smallest absolute Gasteiger partial charge is 0.437 e. The van der Waals surface area contributed by atoms with Gasteiger partial charge >= 0.3 is 13.4 Å². The second kappa shape index (κ2) is 10.3. The number of likely N-dealkylation sites (tertiary alicyclic amines) is 1. The Bertz CT molecular complexity index is 908. The first-order valence-electron chi connectivity index (χ1n) is 12.2. The molecule has 0 aliphatic carbocycles. The average molecular weight is 474 g/mol. The molecule has 2 saturated heterocycles. The van der Waals surface area contributed by atoms with Crippen LogP contribution in [0.15, 0.2) is 54.6 Å². The molecule has 2 aliphatic heterocycles. The summed E-state index contributed by atoms with van der Waals surface area (Å²) in [5, 5.41) is 9.89. The minimum Gasteiger partial charge on any atom is -0.437 e. The van der Waals surface area contributed by atoms with Crippen LogP contribution in [0.25, 0.3) is 0 Å². The molecule has 2 fully saturated rings. The van der Waals surface area contributed by atoms with Crippen LogP contribution >= 0.6 is 0 Å². The van der Waals surface area contributed by atoms with Gasteiger partial charge in [0.25, 0.3) is 0 Å². The van der Waals surface area contributed by atoms with Gasteiger partial charge in [0.05, 0.1) is 0 Å². The van der Waals surface area contributed by atoms with Gasteiger partial charge in [-0.3, -0.25) is 4.90 Å². The van der Waals surface area contributed by atoms with Gasteiger partial charge in [0, 0.05) is 11.5 Å². The number of nitrogens with zero attached hydrogens (tertiary/aromatic N) is 2. The summed E-state index contributed by atoms with van der Waals surface area (Å²) in [5.74, 6) is 0.358. The molecule has 0 bridgehead atoms. The Kier molecular flexibility index (Phi) is 7.60. The van der Waals surface area contributed by atoms with Crippen molar-refractivity contribution < 1.29 is 22.9 Å². The lowest BCUT2D eigenvalue weighted by molar-refractivity contribution is -0.274. The van der Waals surface area contributed by atoms with Crippen molar-refractivity contribution >= 4 is 7.05 Å². The lowest BCUT2D eigenvalue weighted by atomic mass is 9.74. The van der Waals surface area contributed by atoms with Gasteiger partial charge in [-0.05, 0) is 94.8 Å². The lowest BCUT2D eigenvalue weighted by Crippen LogP contribution is -2.57. The van der Waals surface area contributed by atoms with E-state index in [4.69, 9.17) is 0 Å². The monoisotopic (exact) mass is 474 g/mol.